The van der Waals surface area contributed by atoms with Crippen molar-refractivity contribution in [1.82, 2.24) is 25.8 Å². The van der Waals surface area contributed by atoms with E-state index in [0.29, 0.717) is 39.0 Å². The number of urea groups is 1. The van der Waals surface area contributed by atoms with Gasteiger partial charge in [-0.3, -0.25) is 19.9 Å². The molecule has 0 radical (unpaired) electrons. The maximum atomic E-state index is 14.1. The maximum Gasteiger partial charge on any atom is 0.315 e. The number of guanidine groups is 1. The zero-order valence-corrected chi connectivity index (χ0v) is 25.2. The normalized spacial score (nSPS) is 21.4. The van der Waals surface area contributed by atoms with E-state index >= 15 is 0 Å². The van der Waals surface area contributed by atoms with Crippen LogP contribution in [-0.4, -0.2) is 58.8 Å². The number of rotatable bonds is 12. The number of benzene rings is 1. The number of nitrogens with zero attached hydrogens (tertiary/aromatic N) is 2. The molecule has 2 fully saturated rings. The number of carbonyl (C=O) groups is 3. The molecule has 0 bridgehead atoms. The van der Waals surface area contributed by atoms with Gasteiger partial charge in [-0.15, -0.1) is 0 Å². The largest absolute Gasteiger partial charge is 0.342 e. The number of likely N-dealkylation sites (tertiary alicyclic amines) is 1. The van der Waals surface area contributed by atoms with Crippen LogP contribution in [0.5, 0.6) is 0 Å². The van der Waals surface area contributed by atoms with Gasteiger partial charge >= 0.3 is 6.03 Å². The van der Waals surface area contributed by atoms with Gasteiger partial charge < -0.3 is 20.9 Å². The van der Waals surface area contributed by atoms with Crippen LogP contribution < -0.4 is 16.0 Å². The molecule has 9 heteroatoms. The Labute approximate surface area is 240 Å². The van der Waals surface area contributed by atoms with Gasteiger partial charge in [0.25, 0.3) is 5.91 Å². The Bertz CT molecular complexity index is 1030. The van der Waals surface area contributed by atoms with Crippen LogP contribution in [0, 0.1) is 16.7 Å². The van der Waals surface area contributed by atoms with E-state index in [4.69, 9.17) is 5.41 Å². The van der Waals surface area contributed by atoms with Crippen molar-refractivity contribution in [2.24, 2.45) is 11.3 Å². The summed E-state index contributed by atoms with van der Waals surface area (Å²) in [5, 5.41) is 17.8. The minimum Gasteiger partial charge on any atom is -0.342 e. The van der Waals surface area contributed by atoms with Crippen LogP contribution in [0.25, 0.3) is 0 Å². The van der Waals surface area contributed by atoms with Crippen molar-refractivity contribution in [1.29, 1.82) is 5.41 Å². The third kappa shape index (κ3) is 8.21. The van der Waals surface area contributed by atoms with Crippen molar-refractivity contribution < 1.29 is 14.4 Å². The number of nitrogens with one attached hydrogen (secondary N) is 4. The van der Waals surface area contributed by atoms with Crippen molar-refractivity contribution in [2.45, 2.75) is 105 Å². The highest BCUT2D eigenvalue weighted by Gasteiger charge is 2.54. The van der Waals surface area contributed by atoms with Gasteiger partial charge in [-0.05, 0) is 42.2 Å². The lowest BCUT2D eigenvalue weighted by atomic mass is 9.75. The van der Waals surface area contributed by atoms with Gasteiger partial charge in [0, 0.05) is 38.5 Å². The van der Waals surface area contributed by atoms with Crippen molar-refractivity contribution in [2.75, 3.05) is 19.6 Å². The standard InChI is InChI=1S/C31H50N6O3/c1-6-8-16-31(25-11-10-18-36(22-25)26(38)19-30(3,4)5)27(39)37(28(32)35-31)21-24-14-12-23(13-15-24)20-34-29(40)33-17-9-7-2/h12-15,25H,6-11,16-22H2,1-5H3,(H2,32,35)(H2,33,34,40). The van der Waals surface area contributed by atoms with Crippen LogP contribution >= 0.6 is 0 Å². The predicted octanol–water partition coefficient (Wildman–Crippen LogP) is 4.76. The second-order valence-electron chi connectivity index (χ2n) is 12.6. The first kappa shape index (κ1) is 31.4. The average Bonchev–Trinajstić information content (AvgIpc) is 3.16. The SMILES string of the molecule is CCCCNC(=O)NCc1ccc(CN2C(=N)NC(CCCC)(C3CCCN(C(=O)CC(C)(C)C)C3)C2=O)cc1. The fraction of sp³-hybridized carbons (Fsp3) is 0.677. The molecular weight excluding hydrogens is 504 g/mol. The summed E-state index contributed by atoms with van der Waals surface area (Å²) < 4.78 is 0. The van der Waals surface area contributed by atoms with Crippen LogP contribution in [0.3, 0.4) is 0 Å². The molecule has 2 atom stereocenters. The minimum atomic E-state index is -0.858. The Hall–Kier alpha value is -3.10. The van der Waals surface area contributed by atoms with E-state index in [1.165, 1.54) is 0 Å². The van der Waals surface area contributed by atoms with E-state index in [0.717, 1.165) is 56.2 Å². The molecule has 2 unspecified atom stereocenters. The molecule has 0 saturated carbocycles. The molecule has 2 saturated heterocycles. The highest BCUT2D eigenvalue weighted by atomic mass is 16.2. The second kappa shape index (κ2) is 14.0. The summed E-state index contributed by atoms with van der Waals surface area (Å²) in [6.45, 7) is 13.1. The summed E-state index contributed by atoms with van der Waals surface area (Å²) in [6.07, 6.45) is 6.67. The summed E-state index contributed by atoms with van der Waals surface area (Å²) in [5.74, 6) is 0.184. The molecule has 2 heterocycles. The monoisotopic (exact) mass is 554 g/mol. The van der Waals surface area contributed by atoms with Gasteiger partial charge in [0.15, 0.2) is 5.96 Å². The number of amides is 4. The quantitative estimate of drug-likeness (QED) is 0.279. The fourth-order valence-corrected chi connectivity index (χ4v) is 5.67. The predicted molar refractivity (Wildman–Crippen MR) is 159 cm³/mol. The van der Waals surface area contributed by atoms with Gasteiger partial charge in [-0.2, -0.15) is 0 Å². The van der Waals surface area contributed by atoms with E-state index in [1.54, 1.807) is 4.90 Å². The number of piperidine rings is 1. The average molecular weight is 555 g/mol. The molecule has 0 spiro atoms. The number of hydrogen-bond donors (Lipinski definition) is 4. The summed E-state index contributed by atoms with van der Waals surface area (Å²) in [6, 6.07) is 7.62. The van der Waals surface area contributed by atoms with Crippen molar-refractivity contribution in [3.63, 3.8) is 0 Å². The fourth-order valence-electron chi connectivity index (χ4n) is 5.67. The first-order valence-electron chi connectivity index (χ1n) is 15.0. The van der Waals surface area contributed by atoms with Crippen LogP contribution in [0.15, 0.2) is 24.3 Å². The smallest absolute Gasteiger partial charge is 0.315 e. The van der Waals surface area contributed by atoms with Gasteiger partial charge in [0.1, 0.15) is 5.54 Å². The molecule has 3 rings (SSSR count). The van der Waals surface area contributed by atoms with Gasteiger partial charge in [-0.1, -0.05) is 78.1 Å². The molecule has 2 aliphatic rings. The first-order chi connectivity index (χ1) is 19.0. The summed E-state index contributed by atoms with van der Waals surface area (Å²) in [4.78, 5) is 42.5. The molecule has 0 aliphatic carbocycles. The lowest BCUT2D eigenvalue weighted by molar-refractivity contribution is -0.140. The molecule has 4 amide bonds. The molecule has 40 heavy (non-hydrogen) atoms. The van der Waals surface area contributed by atoms with Gasteiger partial charge in [0.2, 0.25) is 5.91 Å². The van der Waals surface area contributed by atoms with Crippen LogP contribution in [0.1, 0.15) is 97.1 Å². The highest BCUT2D eigenvalue weighted by molar-refractivity contribution is 6.08. The molecule has 222 valence electrons. The van der Waals surface area contributed by atoms with Crippen molar-refractivity contribution in [3.05, 3.63) is 35.4 Å². The Morgan fingerprint density at radius 3 is 2.40 bits per heavy atom. The Morgan fingerprint density at radius 2 is 1.75 bits per heavy atom. The van der Waals surface area contributed by atoms with E-state index in [2.05, 4.69) is 50.6 Å². The van der Waals surface area contributed by atoms with E-state index in [9.17, 15) is 14.4 Å². The molecule has 1 aromatic rings. The molecule has 9 nitrogen and oxygen atoms in total. The second-order valence-corrected chi connectivity index (χ2v) is 12.6. The third-order valence-corrected chi connectivity index (χ3v) is 7.95. The first-order valence-corrected chi connectivity index (χ1v) is 15.0. The zero-order chi connectivity index (χ0) is 29.3. The molecule has 0 aromatic heterocycles. The molecular formula is C31H50N6O3. The van der Waals surface area contributed by atoms with E-state index < -0.39 is 5.54 Å². The van der Waals surface area contributed by atoms with Crippen LogP contribution in [0.2, 0.25) is 0 Å². The minimum absolute atomic E-state index is 0.0357. The number of carbonyl (C=O) groups excluding carboxylic acids is 3. The van der Waals surface area contributed by atoms with Gasteiger partial charge in [-0.25, -0.2) is 4.79 Å². The Morgan fingerprint density at radius 1 is 1.07 bits per heavy atom. The van der Waals surface area contributed by atoms with Crippen LogP contribution in [-0.2, 0) is 22.7 Å². The van der Waals surface area contributed by atoms with Gasteiger partial charge in [0.05, 0.1) is 6.54 Å². The number of unbranched alkanes of at least 4 members (excludes halogenated alkanes) is 2. The summed E-state index contributed by atoms with van der Waals surface area (Å²) >= 11 is 0. The highest BCUT2D eigenvalue weighted by Crippen LogP contribution is 2.37. The number of hydrogen-bond acceptors (Lipinski definition) is 4. The molecule has 4 N–H and O–H groups in total. The van der Waals surface area contributed by atoms with Crippen LogP contribution in [0.4, 0.5) is 4.79 Å². The maximum absolute atomic E-state index is 14.1. The summed E-state index contributed by atoms with van der Waals surface area (Å²) in [7, 11) is 0. The van der Waals surface area contributed by atoms with E-state index in [-0.39, 0.29) is 35.1 Å². The Kier molecular flexibility index (Phi) is 11.0. The van der Waals surface area contributed by atoms with Crippen molar-refractivity contribution >= 4 is 23.8 Å². The lowest BCUT2D eigenvalue weighted by Crippen LogP contribution is -2.58. The topological polar surface area (TPSA) is 118 Å². The molecule has 1 aromatic carbocycles. The molecule has 2 aliphatic heterocycles. The lowest BCUT2D eigenvalue weighted by Gasteiger charge is -2.42. The zero-order valence-electron chi connectivity index (χ0n) is 25.2. The van der Waals surface area contributed by atoms with Crippen molar-refractivity contribution in [3.8, 4) is 0 Å². The summed E-state index contributed by atoms with van der Waals surface area (Å²) in [5.41, 5.74) is 0.947. The van der Waals surface area contributed by atoms with E-state index in [1.807, 2.05) is 29.2 Å². The Balaban J connectivity index is 1.68. The third-order valence-electron chi connectivity index (χ3n) is 7.95.